The van der Waals surface area contributed by atoms with Gasteiger partial charge in [-0.1, -0.05) is 32.6 Å². The van der Waals surface area contributed by atoms with E-state index >= 15 is 0 Å². The zero-order valence-corrected chi connectivity index (χ0v) is 12.6. The highest BCUT2D eigenvalue weighted by Crippen LogP contribution is 2.27. The van der Waals surface area contributed by atoms with Gasteiger partial charge in [-0.3, -0.25) is 4.79 Å². The molecule has 2 N–H and O–H groups in total. The number of hydrogen-bond donors (Lipinski definition) is 2. The molecule has 3 heteroatoms. The summed E-state index contributed by atoms with van der Waals surface area (Å²) in [5.74, 6) is 0.922. The summed E-state index contributed by atoms with van der Waals surface area (Å²) in [5.41, 5.74) is -0.279. The zero-order valence-electron chi connectivity index (χ0n) is 12.6. The van der Waals surface area contributed by atoms with Crippen LogP contribution in [0.2, 0.25) is 0 Å². The fourth-order valence-electron chi connectivity index (χ4n) is 3.74. The maximum absolute atomic E-state index is 12.6. The molecule has 0 radical (unpaired) electrons. The standard InChI is InChI=1S/C16H30N2O/c1-3-16(11-8-12-17-16)15(19)18-13(2)14-9-6-4-5-7-10-14/h13-14,17H,3-12H2,1-2H3,(H,18,19)/t13-,16?/m0/s1. The Bertz CT molecular complexity index is 289. The summed E-state index contributed by atoms with van der Waals surface area (Å²) in [5, 5.41) is 6.74. The summed E-state index contributed by atoms with van der Waals surface area (Å²) < 4.78 is 0. The monoisotopic (exact) mass is 266 g/mol. The summed E-state index contributed by atoms with van der Waals surface area (Å²) >= 11 is 0. The Morgan fingerprint density at radius 2 is 1.95 bits per heavy atom. The van der Waals surface area contributed by atoms with Crippen LogP contribution in [0.3, 0.4) is 0 Å². The summed E-state index contributed by atoms with van der Waals surface area (Å²) in [4.78, 5) is 12.6. The summed E-state index contributed by atoms with van der Waals surface area (Å²) in [6.45, 7) is 5.31. The van der Waals surface area contributed by atoms with Gasteiger partial charge in [-0.15, -0.1) is 0 Å². The van der Waals surface area contributed by atoms with Crippen LogP contribution >= 0.6 is 0 Å². The van der Waals surface area contributed by atoms with Gasteiger partial charge < -0.3 is 10.6 Å². The van der Waals surface area contributed by atoms with Crippen molar-refractivity contribution in [2.75, 3.05) is 6.54 Å². The largest absolute Gasteiger partial charge is 0.352 e. The first-order chi connectivity index (χ1) is 9.18. The second-order valence-corrected chi connectivity index (χ2v) is 6.48. The Morgan fingerprint density at radius 3 is 2.47 bits per heavy atom. The first kappa shape index (κ1) is 14.8. The summed E-state index contributed by atoms with van der Waals surface area (Å²) in [6.07, 6.45) is 11.0. The maximum Gasteiger partial charge on any atom is 0.240 e. The minimum Gasteiger partial charge on any atom is -0.352 e. The van der Waals surface area contributed by atoms with Crippen molar-refractivity contribution < 1.29 is 4.79 Å². The van der Waals surface area contributed by atoms with Gasteiger partial charge in [-0.25, -0.2) is 0 Å². The number of nitrogens with one attached hydrogen (secondary N) is 2. The topological polar surface area (TPSA) is 41.1 Å². The first-order valence-electron chi connectivity index (χ1n) is 8.24. The van der Waals surface area contributed by atoms with Crippen molar-refractivity contribution in [3.05, 3.63) is 0 Å². The summed E-state index contributed by atoms with van der Waals surface area (Å²) in [6, 6.07) is 0.330. The molecule has 2 atom stereocenters. The predicted molar refractivity (Wildman–Crippen MR) is 79.1 cm³/mol. The third-order valence-corrected chi connectivity index (χ3v) is 5.25. The van der Waals surface area contributed by atoms with E-state index in [1.165, 1.54) is 38.5 Å². The molecule has 1 amide bonds. The van der Waals surface area contributed by atoms with Crippen LogP contribution in [0.4, 0.5) is 0 Å². The number of carbonyl (C=O) groups is 1. The molecule has 110 valence electrons. The van der Waals surface area contributed by atoms with Gasteiger partial charge in [0.05, 0.1) is 5.54 Å². The van der Waals surface area contributed by atoms with E-state index in [1.54, 1.807) is 0 Å². The van der Waals surface area contributed by atoms with Gasteiger partial charge in [0.1, 0.15) is 0 Å². The van der Waals surface area contributed by atoms with Gasteiger partial charge in [-0.05, 0) is 51.5 Å². The van der Waals surface area contributed by atoms with E-state index in [0.29, 0.717) is 12.0 Å². The molecule has 1 saturated heterocycles. The fourth-order valence-corrected chi connectivity index (χ4v) is 3.74. The molecule has 1 saturated carbocycles. The molecule has 2 aliphatic rings. The summed E-state index contributed by atoms with van der Waals surface area (Å²) in [7, 11) is 0. The number of hydrogen-bond acceptors (Lipinski definition) is 2. The molecule has 0 bridgehead atoms. The van der Waals surface area contributed by atoms with Crippen LogP contribution in [0, 0.1) is 5.92 Å². The maximum atomic E-state index is 12.6. The molecule has 0 spiro atoms. The van der Waals surface area contributed by atoms with E-state index < -0.39 is 0 Å². The van der Waals surface area contributed by atoms with Crippen molar-refractivity contribution in [3.63, 3.8) is 0 Å². The third-order valence-electron chi connectivity index (χ3n) is 5.25. The number of amides is 1. The van der Waals surface area contributed by atoms with Gasteiger partial charge >= 0.3 is 0 Å². The van der Waals surface area contributed by atoms with Crippen molar-refractivity contribution >= 4 is 5.91 Å². The lowest BCUT2D eigenvalue weighted by Gasteiger charge is -2.31. The second-order valence-electron chi connectivity index (χ2n) is 6.48. The van der Waals surface area contributed by atoms with Crippen molar-refractivity contribution in [3.8, 4) is 0 Å². The van der Waals surface area contributed by atoms with E-state index in [4.69, 9.17) is 0 Å². The Hall–Kier alpha value is -0.570. The van der Waals surface area contributed by atoms with E-state index in [9.17, 15) is 4.79 Å². The molecule has 2 fully saturated rings. The normalized spacial score (nSPS) is 30.8. The molecule has 1 heterocycles. The average Bonchev–Trinajstić information content (AvgIpc) is 2.74. The Morgan fingerprint density at radius 1 is 1.26 bits per heavy atom. The molecule has 1 unspecified atom stereocenters. The van der Waals surface area contributed by atoms with E-state index in [0.717, 1.165) is 25.8 Å². The quantitative estimate of drug-likeness (QED) is 0.768. The van der Waals surface area contributed by atoms with Crippen LogP contribution in [-0.4, -0.2) is 24.0 Å². The lowest BCUT2D eigenvalue weighted by molar-refractivity contribution is -0.128. The molecule has 2 rings (SSSR count). The lowest BCUT2D eigenvalue weighted by Crippen LogP contribution is -2.56. The molecule has 1 aliphatic heterocycles. The van der Waals surface area contributed by atoms with Gasteiger partial charge in [0.25, 0.3) is 0 Å². The molecule has 0 aromatic heterocycles. The van der Waals surface area contributed by atoms with Crippen LogP contribution in [-0.2, 0) is 4.79 Å². The number of carbonyl (C=O) groups excluding carboxylic acids is 1. The van der Waals surface area contributed by atoms with E-state index in [-0.39, 0.29) is 11.4 Å². The van der Waals surface area contributed by atoms with Crippen LogP contribution in [0.15, 0.2) is 0 Å². The van der Waals surface area contributed by atoms with Crippen LogP contribution in [0.5, 0.6) is 0 Å². The van der Waals surface area contributed by atoms with Crippen molar-refractivity contribution in [1.82, 2.24) is 10.6 Å². The Labute approximate surface area is 117 Å². The zero-order chi connectivity index (χ0) is 13.7. The van der Waals surface area contributed by atoms with E-state index in [2.05, 4.69) is 24.5 Å². The van der Waals surface area contributed by atoms with Gasteiger partial charge in [0.2, 0.25) is 5.91 Å². The molecule has 19 heavy (non-hydrogen) atoms. The second kappa shape index (κ2) is 6.74. The SMILES string of the molecule is CCC1(C(=O)N[C@@H](C)C2CCCCCC2)CCCN1. The molecule has 0 aromatic rings. The highest BCUT2D eigenvalue weighted by molar-refractivity contribution is 5.86. The van der Waals surface area contributed by atoms with Crippen molar-refractivity contribution in [1.29, 1.82) is 0 Å². The smallest absolute Gasteiger partial charge is 0.240 e. The van der Waals surface area contributed by atoms with Crippen molar-refractivity contribution in [2.24, 2.45) is 5.92 Å². The molecule has 0 aromatic carbocycles. The van der Waals surface area contributed by atoms with E-state index in [1.807, 2.05) is 0 Å². The van der Waals surface area contributed by atoms with Crippen LogP contribution in [0.1, 0.15) is 71.6 Å². The fraction of sp³-hybridized carbons (Fsp3) is 0.938. The van der Waals surface area contributed by atoms with Gasteiger partial charge in [-0.2, -0.15) is 0 Å². The Kier molecular flexibility index (Phi) is 5.26. The predicted octanol–water partition coefficient (Wildman–Crippen LogP) is 2.99. The van der Waals surface area contributed by atoms with Crippen molar-refractivity contribution in [2.45, 2.75) is 83.2 Å². The Balaban J connectivity index is 1.89. The first-order valence-corrected chi connectivity index (χ1v) is 8.24. The molecular weight excluding hydrogens is 236 g/mol. The lowest BCUT2D eigenvalue weighted by atomic mass is 9.89. The molecule has 1 aliphatic carbocycles. The van der Waals surface area contributed by atoms with Gasteiger partial charge in [0.15, 0.2) is 0 Å². The molecular formula is C16H30N2O. The average molecular weight is 266 g/mol. The van der Waals surface area contributed by atoms with Crippen LogP contribution in [0.25, 0.3) is 0 Å². The van der Waals surface area contributed by atoms with Gasteiger partial charge in [0, 0.05) is 6.04 Å². The minimum absolute atomic E-state index is 0.240. The minimum atomic E-state index is -0.279. The highest BCUT2D eigenvalue weighted by Gasteiger charge is 2.39. The number of rotatable bonds is 4. The highest BCUT2D eigenvalue weighted by atomic mass is 16.2. The third kappa shape index (κ3) is 3.50. The van der Waals surface area contributed by atoms with Crippen LogP contribution < -0.4 is 10.6 Å². The molecule has 3 nitrogen and oxygen atoms in total.